The average molecular weight is 567 g/mol. The summed E-state index contributed by atoms with van der Waals surface area (Å²) in [4.78, 5) is 8.96. The van der Waals surface area contributed by atoms with Crippen LogP contribution in [0.3, 0.4) is 0 Å². The number of nitrogens with zero attached hydrogens (tertiary/aromatic N) is 2. The molecule has 0 aliphatic rings. The predicted molar refractivity (Wildman–Crippen MR) is 177 cm³/mol. The fourth-order valence-electron chi connectivity index (χ4n) is 4.69. The van der Waals surface area contributed by atoms with Crippen LogP contribution >= 0.6 is 0 Å². The van der Waals surface area contributed by atoms with E-state index in [0.717, 1.165) is 59.9 Å². The SMILES string of the molecule is CCCCCCCOc1ccc(-c2ccc(CCC)cc2)nc1.CCCCc1ccc(-c2ccc(OCC)cn2)cc1. The predicted octanol–water partition coefficient (Wildman–Crippen LogP) is 10.5. The highest BCUT2D eigenvalue weighted by atomic mass is 16.5. The van der Waals surface area contributed by atoms with E-state index in [9.17, 15) is 0 Å². The van der Waals surface area contributed by atoms with Crippen LogP contribution < -0.4 is 9.47 Å². The number of pyridine rings is 2. The topological polar surface area (TPSA) is 44.2 Å². The normalized spacial score (nSPS) is 10.6. The van der Waals surface area contributed by atoms with Gasteiger partial charge in [-0.2, -0.15) is 0 Å². The molecule has 4 aromatic rings. The molecule has 0 atom stereocenters. The Balaban J connectivity index is 0.000000235. The number of rotatable bonds is 16. The number of hydrogen-bond acceptors (Lipinski definition) is 4. The van der Waals surface area contributed by atoms with Crippen molar-refractivity contribution in [3.05, 3.63) is 96.3 Å². The van der Waals surface area contributed by atoms with Crippen LogP contribution in [-0.4, -0.2) is 23.2 Å². The summed E-state index contributed by atoms with van der Waals surface area (Å²) >= 11 is 0. The lowest BCUT2D eigenvalue weighted by Gasteiger charge is -2.07. The Bertz CT molecular complexity index is 1230. The third-order valence-electron chi connectivity index (χ3n) is 7.16. The molecular formula is C38H50N2O2. The van der Waals surface area contributed by atoms with Gasteiger partial charge < -0.3 is 9.47 Å². The lowest BCUT2D eigenvalue weighted by molar-refractivity contribution is 0.303. The molecule has 0 aliphatic carbocycles. The largest absolute Gasteiger partial charge is 0.492 e. The van der Waals surface area contributed by atoms with Gasteiger partial charge in [0.15, 0.2) is 0 Å². The molecular weight excluding hydrogens is 516 g/mol. The Morgan fingerprint density at radius 1 is 0.476 bits per heavy atom. The highest BCUT2D eigenvalue weighted by Gasteiger charge is 2.02. The van der Waals surface area contributed by atoms with Gasteiger partial charge in [-0.1, -0.05) is 108 Å². The van der Waals surface area contributed by atoms with Gasteiger partial charge in [-0.05, 0) is 68.0 Å². The molecule has 2 heterocycles. The van der Waals surface area contributed by atoms with Gasteiger partial charge in [0.2, 0.25) is 0 Å². The Morgan fingerprint density at radius 3 is 1.48 bits per heavy atom. The smallest absolute Gasteiger partial charge is 0.137 e. The molecule has 0 saturated heterocycles. The summed E-state index contributed by atoms with van der Waals surface area (Å²) in [7, 11) is 0. The Hall–Kier alpha value is -3.66. The molecule has 4 heteroatoms. The van der Waals surface area contributed by atoms with Gasteiger partial charge in [0.1, 0.15) is 11.5 Å². The summed E-state index contributed by atoms with van der Waals surface area (Å²) in [6.07, 6.45) is 15.9. The fourth-order valence-corrected chi connectivity index (χ4v) is 4.69. The number of unbranched alkanes of at least 4 members (excludes halogenated alkanes) is 5. The van der Waals surface area contributed by atoms with Crippen LogP contribution in [0.5, 0.6) is 11.5 Å². The molecule has 2 aromatic carbocycles. The van der Waals surface area contributed by atoms with Crippen LogP contribution in [0.4, 0.5) is 0 Å². The quantitative estimate of drug-likeness (QED) is 0.127. The molecule has 0 amide bonds. The number of ether oxygens (including phenoxy) is 2. The maximum atomic E-state index is 5.77. The summed E-state index contributed by atoms with van der Waals surface area (Å²) in [6.45, 7) is 10.1. The van der Waals surface area contributed by atoms with E-state index in [1.54, 1.807) is 6.20 Å². The second-order valence-electron chi connectivity index (χ2n) is 10.7. The first kappa shape index (κ1) is 32.8. The van der Waals surface area contributed by atoms with Crippen LogP contribution in [0.25, 0.3) is 22.5 Å². The van der Waals surface area contributed by atoms with Crippen LogP contribution in [0.15, 0.2) is 85.2 Å². The summed E-state index contributed by atoms with van der Waals surface area (Å²) in [5, 5.41) is 0. The molecule has 0 saturated carbocycles. The third kappa shape index (κ3) is 11.7. The van der Waals surface area contributed by atoms with E-state index in [-0.39, 0.29) is 0 Å². The van der Waals surface area contributed by atoms with Crippen molar-refractivity contribution in [1.82, 2.24) is 9.97 Å². The van der Waals surface area contributed by atoms with Crippen molar-refractivity contribution in [2.45, 2.75) is 91.9 Å². The zero-order valence-electron chi connectivity index (χ0n) is 26.3. The standard InChI is InChI=1S/C21H29NO.C17H21NO/c1-3-5-6-7-8-16-23-20-14-15-21(22-17-20)19-12-10-18(9-4-2)11-13-19;1-3-5-6-14-7-9-15(10-8-14)17-12-11-16(13-18-17)19-4-2/h10-15,17H,3-9,16H2,1-2H3;7-13H,3-6H2,1-2H3. The summed E-state index contributed by atoms with van der Waals surface area (Å²) in [5.74, 6) is 1.69. The van der Waals surface area contributed by atoms with Crippen molar-refractivity contribution in [1.29, 1.82) is 0 Å². The molecule has 0 spiro atoms. The van der Waals surface area contributed by atoms with Crippen molar-refractivity contribution in [3.8, 4) is 34.0 Å². The van der Waals surface area contributed by atoms with Crippen LogP contribution in [0, 0.1) is 0 Å². The van der Waals surface area contributed by atoms with Crippen molar-refractivity contribution in [2.75, 3.05) is 13.2 Å². The molecule has 0 aliphatic heterocycles. The van der Waals surface area contributed by atoms with Crippen LogP contribution in [-0.2, 0) is 12.8 Å². The average Bonchev–Trinajstić information content (AvgIpc) is 3.04. The minimum atomic E-state index is 0.674. The highest BCUT2D eigenvalue weighted by Crippen LogP contribution is 2.22. The fraction of sp³-hybridized carbons (Fsp3) is 0.421. The second-order valence-corrected chi connectivity index (χ2v) is 10.7. The van der Waals surface area contributed by atoms with E-state index in [1.165, 1.54) is 56.1 Å². The molecule has 0 fully saturated rings. The van der Waals surface area contributed by atoms with Gasteiger partial charge in [0.25, 0.3) is 0 Å². The number of hydrogen-bond donors (Lipinski definition) is 0. The van der Waals surface area contributed by atoms with Gasteiger partial charge >= 0.3 is 0 Å². The van der Waals surface area contributed by atoms with Crippen molar-refractivity contribution in [3.63, 3.8) is 0 Å². The lowest BCUT2D eigenvalue weighted by Crippen LogP contribution is -1.98. The molecule has 0 N–H and O–H groups in total. The molecule has 4 nitrogen and oxygen atoms in total. The Labute approximate surface area is 254 Å². The van der Waals surface area contributed by atoms with Gasteiger partial charge in [-0.25, -0.2) is 0 Å². The molecule has 0 unspecified atom stereocenters. The Morgan fingerprint density at radius 2 is 1.00 bits per heavy atom. The summed E-state index contributed by atoms with van der Waals surface area (Å²) in [5.41, 5.74) is 7.10. The lowest BCUT2D eigenvalue weighted by atomic mass is 10.0. The zero-order valence-corrected chi connectivity index (χ0v) is 26.3. The van der Waals surface area contributed by atoms with Crippen molar-refractivity contribution in [2.24, 2.45) is 0 Å². The van der Waals surface area contributed by atoms with Crippen LogP contribution in [0.2, 0.25) is 0 Å². The van der Waals surface area contributed by atoms with E-state index < -0.39 is 0 Å². The van der Waals surface area contributed by atoms with Gasteiger partial charge in [-0.3, -0.25) is 9.97 Å². The van der Waals surface area contributed by atoms with E-state index in [1.807, 2.05) is 37.4 Å². The molecule has 42 heavy (non-hydrogen) atoms. The molecule has 4 rings (SSSR count). The third-order valence-corrected chi connectivity index (χ3v) is 7.16. The summed E-state index contributed by atoms with van der Waals surface area (Å²) < 4.78 is 11.2. The molecule has 0 radical (unpaired) electrons. The summed E-state index contributed by atoms with van der Waals surface area (Å²) in [6, 6.07) is 25.4. The number of aromatic nitrogens is 2. The van der Waals surface area contributed by atoms with Gasteiger partial charge in [0.05, 0.1) is 37.0 Å². The Kier molecular flexibility index (Phi) is 15.2. The minimum Gasteiger partial charge on any atom is -0.492 e. The monoisotopic (exact) mass is 566 g/mol. The minimum absolute atomic E-state index is 0.674. The van der Waals surface area contributed by atoms with E-state index in [2.05, 4.69) is 79.3 Å². The maximum absolute atomic E-state index is 5.77. The molecule has 224 valence electrons. The van der Waals surface area contributed by atoms with Gasteiger partial charge in [-0.15, -0.1) is 0 Å². The highest BCUT2D eigenvalue weighted by molar-refractivity contribution is 5.60. The van der Waals surface area contributed by atoms with E-state index in [4.69, 9.17) is 9.47 Å². The maximum Gasteiger partial charge on any atom is 0.137 e. The van der Waals surface area contributed by atoms with E-state index in [0.29, 0.717) is 6.61 Å². The number of benzene rings is 2. The second kappa shape index (κ2) is 19.5. The van der Waals surface area contributed by atoms with Gasteiger partial charge in [0, 0.05) is 11.1 Å². The zero-order chi connectivity index (χ0) is 29.8. The molecule has 2 aromatic heterocycles. The van der Waals surface area contributed by atoms with Crippen LogP contribution in [0.1, 0.15) is 90.2 Å². The van der Waals surface area contributed by atoms with Crippen molar-refractivity contribution >= 4 is 0 Å². The first-order valence-electron chi connectivity index (χ1n) is 16.0. The molecule has 0 bridgehead atoms. The number of aryl methyl sites for hydroxylation is 2. The first-order valence-corrected chi connectivity index (χ1v) is 16.0. The first-order chi connectivity index (χ1) is 20.7. The van der Waals surface area contributed by atoms with E-state index >= 15 is 0 Å². The van der Waals surface area contributed by atoms with Crippen molar-refractivity contribution < 1.29 is 9.47 Å².